The zero-order chi connectivity index (χ0) is 10.5. The number of hydrogen-bond donors (Lipinski definition) is 1. The Balaban J connectivity index is 2.11. The number of halogens is 1. The summed E-state index contributed by atoms with van der Waals surface area (Å²) in [5, 5.41) is 4.24. The van der Waals surface area contributed by atoms with Crippen molar-refractivity contribution in [2.45, 2.75) is 44.1 Å². The number of hydrogen-bond acceptors (Lipinski definition) is 2. The molecule has 2 heterocycles. The Morgan fingerprint density at radius 1 is 1.47 bits per heavy atom. The SMILES string of the molecule is CC1CNC2(CCCC2)c2cc(Cl)oc21. The Labute approximate surface area is 95.0 Å². The monoisotopic (exact) mass is 225 g/mol. The van der Waals surface area contributed by atoms with Crippen LogP contribution in [0, 0.1) is 0 Å². The van der Waals surface area contributed by atoms with Crippen LogP contribution in [0.2, 0.25) is 5.22 Å². The zero-order valence-corrected chi connectivity index (χ0v) is 9.73. The minimum Gasteiger partial charge on any atom is -0.449 e. The number of furan rings is 1. The van der Waals surface area contributed by atoms with Crippen molar-refractivity contribution in [1.29, 1.82) is 0 Å². The van der Waals surface area contributed by atoms with Gasteiger partial charge in [0.15, 0.2) is 5.22 Å². The van der Waals surface area contributed by atoms with Gasteiger partial charge < -0.3 is 9.73 Å². The van der Waals surface area contributed by atoms with E-state index in [1.54, 1.807) is 0 Å². The summed E-state index contributed by atoms with van der Waals surface area (Å²) in [7, 11) is 0. The molecule has 2 nitrogen and oxygen atoms in total. The average Bonchev–Trinajstić information content (AvgIpc) is 2.80. The summed E-state index contributed by atoms with van der Waals surface area (Å²) in [6.45, 7) is 3.20. The predicted octanol–water partition coefficient (Wildman–Crippen LogP) is 3.41. The van der Waals surface area contributed by atoms with Gasteiger partial charge in [0.25, 0.3) is 0 Å². The van der Waals surface area contributed by atoms with Gasteiger partial charge in [0, 0.05) is 29.6 Å². The van der Waals surface area contributed by atoms with Gasteiger partial charge in [0.1, 0.15) is 5.76 Å². The van der Waals surface area contributed by atoms with E-state index in [1.165, 1.54) is 31.2 Å². The summed E-state index contributed by atoms with van der Waals surface area (Å²) in [6, 6.07) is 2.02. The molecule has 0 amide bonds. The van der Waals surface area contributed by atoms with Crippen LogP contribution in [0.3, 0.4) is 0 Å². The molecule has 3 rings (SSSR count). The Bertz CT molecular complexity index is 379. The summed E-state index contributed by atoms with van der Waals surface area (Å²) in [6.07, 6.45) is 5.07. The average molecular weight is 226 g/mol. The second-order valence-electron chi connectivity index (χ2n) is 4.90. The number of nitrogens with one attached hydrogen (secondary N) is 1. The lowest BCUT2D eigenvalue weighted by molar-refractivity contribution is 0.285. The lowest BCUT2D eigenvalue weighted by Gasteiger charge is -2.36. The minimum atomic E-state index is 0.179. The molecular weight excluding hydrogens is 210 g/mol. The summed E-state index contributed by atoms with van der Waals surface area (Å²) in [5.41, 5.74) is 1.50. The van der Waals surface area contributed by atoms with Crippen molar-refractivity contribution in [2.75, 3.05) is 6.54 Å². The molecule has 2 aliphatic rings. The zero-order valence-electron chi connectivity index (χ0n) is 8.98. The first-order valence-electron chi connectivity index (χ1n) is 5.76. The summed E-state index contributed by atoms with van der Waals surface area (Å²) >= 11 is 5.98. The third-order valence-electron chi connectivity index (χ3n) is 3.90. The number of rotatable bonds is 0. The molecule has 1 aromatic heterocycles. The van der Waals surface area contributed by atoms with Crippen molar-refractivity contribution in [3.05, 3.63) is 22.6 Å². The molecule has 1 atom stereocenters. The van der Waals surface area contributed by atoms with E-state index in [1.807, 2.05) is 6.07 Å². The minimum absolute atomic E-state index is 0.179. The molecule has 82 valence electrons. The Hall–Kier alpha value is -0.470. The maximum atomic E-state index is 5.98. The van der Waals surface area contributed by atoms with Gasteiger partial charge in [-0.2, -0.15) is 0 Å². The molecule has 1 saturated carbocycles. The van der Waals surface area contributed by atoms with E-state index in [2.05, 4.69) is 12.2 Å². The quantitative estimate of drug-likeness (QED) is 0.732. The highest BCUT2D eigenvalue weighted by molar-refractivity contribution is 6.29. The van der Waals surface area contributed by atoms with Gasteiger partial charge in [0.2, 0.25) is 0 Å². The second kappa shape index (κ2) is 3.26. The third-order valence-corrected chi connectivity index (χ3v) is 4.08. The molecule has 0 aromatic carbocycles. The second-order valence-corrected chi connectivity index (χ2v) is 5.27. The topological polar surface area (TPSA) is 25.2 Å². The fraction of sp³-hybridized carbons (Fsp3) is 0.667. The van der Waals surface area contributed by atoms with Gasteiger partial charge >= 0.3 is 0 Å². The van der Waals surface area contributed by atoms with Crippen LogP contribution in [0.25, 0.3) is 0 Å². The highest BCUT2D eigenvalue weighted by atomic mass is 35.5. The third kappa shape index (κ3) is 1.35. The van der Waals surface area contributed by atoms with E-state index < -0.39 is 0 Å². The highest BCUT2D eigenvalue weighted by Gasteiger charge is 2.42. The lowest BCUT2D eigenvalue weighted by atomic mass is 9.82. The van der Waals surface area contributed by atoms with Crippen LogP contribution < -0.4 is 5.32 Å². The van der Waals surface area contributed by atoms with E-state index in [9.17, 15) is 0 Å². The largest absolute Gasteiger partial charge is 0.449 e. The first-order chi connectivity index (χ1) is 7.21. The van der Waals surface area contributed by atoms with Gasteiger partial charge in [0.05, 0.1) is 0 Å². The maximum Gasteiger partial charge on any atom is 0.193 e. The molecule has 1 aliphatic carbocycles. The van der Waals surface area contributed by atoms with Crippen LogP contribution in [-0.2, 0) is 5.54 Å². The van der Waals surface area contributed by atoms with E-state index >= 15 is 0 Å². The summed E-state index contributed by atoms with van der Waals surface area (Å²) in [5.74, 6) is 1.55. The molecule has 0 saturated heterocycles. The van der Waals surface area contributed by atoms with E-state index in [0.29, 0.717) is 11.1 Å². The Kier molecular flexibility index (Phi) is 2.12. The molecular formula is C12H16ClNO. The van der Waals surface area contributed by atoms with Crippen LogP contribution in [0.5, 0.6) is 0 Å². The van der Waals surface area contributed by atoms with Crippen molar-refractivity contribution < 1.29 is 4.42 Å². The predicted molar refractivity (Wildman–Crippen MR) is 60.3 cm³/mol. The van der Waals surface area contributed by atoms with Gasteiger partial charge in [-0.3, -0.25) is 0 Å². The van der Waals surface area contributed by atoms with Gasteiger partial charge in [-0.25, -0.2) is 0 Å². The van der Waals surface area contributed by atoms with Crippen molar-refractivity contribution in [3.63, 3.8) is 0 Å². The van der Waals surface area contributed by atoms with E-state index in [4.69, 9.17) is 16.0 Å². The molecule has 1 aromatic rings. The fourth-order valence-electron chi connectivity index (χ4n) is 3.08. The molecule has 1 N–H and O–H groups in total. The molecule has 1 aliphatic heterocycles. The first kappa shape index (κ1) is 9.73. The van der Waals surface area contributed by atoms with Crippen LogP contribution in [-0.4, -0.2) is 6.54 Å². The summed E-state index contributed by atoms with van der Waals surface area (Å²) in [4.78, 5) is 0. The van der Waals surface area contributed by atoms with Crippen molar-refractivity contribution >= 4 is 11.6 Å². The first-order valence-corrected chi connectivity index (χ1v) is 6.14. The van der Waals surface area contributed by atoms with Crippen molar-refractivity contribution in [1.82, 2.24) is 5.32 Å². The molecule has 1 fully saturated rings. The highest BCUT2D eigenvalue weighted by Crippen LogP contribution is 2.46. The Morgan fingerprint density at radius 3 is 2.93 bits per heavy atom. The van der Waals surface area contributed by atoms with Crippen LogP contribution >= 0.6 is 11.6 Å². The van der Waals surface area contributed by atoms with Gasteiger partial charge in [-0.15, -0.1) is 0 Å². The molecule has 1 unspecified atom stereocenters. The van der Waals surface area contributed by atoms with Crippen LogP contribution in [0.1, 0.15) is 49.8 Å². The molecule has 0 radical (unpaired) electrons. The standard InChI is InChI=1S/C12H16ClNO/c1-8-7-14-12(4-2-3-5-12)9-6-10(13)15-11(8)9/h6,8,14H,2-5,7H2,1H3. The van der Waals surface area contributed by atoms with Crippen LogP contribution in [0.15, 0.2) is 10.5 Å². The molecule has 1 spiro atoms. The van der Waals surface area contributed by atoms with Crippen molar-refractivity contribution in [2.24, 2.45) is 0 Å². The summed E-state index contributed by atoms with van der Waals surface area (Å²) < 4.78 is 5.63. The van der Waals surface area contributed by atoms with Crippen molar-refractivity contribution in [3.8, 4) is 0 Å². The fourth-order valence-corrected chi connectivity index (χ4v) is 3.27. The molecule has 0 bridgehead atoms. The number of fused-ring (bicyclic) bond motifs is 2. The maximum absolute atomic E-state index is 5.98. The van der Waals surface area contributed by atoms with E-state index in [-0.39, 0.29) is 5.54 Å². The van der Waals surface area contributed by atoms with Crippen LogP contribution in [0.4, 0.5) is 0 Å². The smallest absolute Gasteiger partial charge is 0.193 e. The lowest BCUT2D eigenvalue weighted by Crippen LogP contribution is -2.45. The van der Waals surface area contributed by atoms with E-state index in [0.717, 1.165) is 12.3 Å². The normalized spacial score (nSPS) is 28.3. The van der Waals surface area contributed by atoms with Gasteiger partial charge in [-0.05, 0) is 24.4 Å². The Morgan fingerprint density at radius 2 is 2.20 bits per heavy atom. The van der Waals surface area contributed by atoms with Gasteiger partial charge in [-0.1, -0.05) is 19.8 Å². The molecule has 3 heteroatoms. The molecule has 15 heavy (non-hydrogen) atoms.